The van der Waals surface area contributed by atoms with Gasteiger partial charge in [0, 0.05) is 29.0 Å². The number of carbonyl (C=O) groups is 2. The fraction of sp³-hybridized carbons (Fsp3) is 0.333. The number of ketones is 1. The van der Waals surface area contributed by atoms with Crippen LogP contribution in [0.15, 0.2) is 59.5 Å². The first-order chi connectivity index (χ1) is 12.6. The zero-order chi connectivity index (χ0) is 18.7. The van der Waals surface area contributed by atoms with Crippen LogP contribution in [0.25, 0.3) is 0 Å². The molecular formula is C21H23NO4. The fourth-order valence-electron chi connectivity index (χ4n) is 3.68. The van der Waals surface area contributed by atoms with E-state index < -0.39 is 11.9 Å². The van der Waals surface area contributed by atoms with Gasteiger partial charge in [-0.1, -0.05) is 30.9 Å². The summed E-state index contributed by atoms with van der Waals surface area (Å²) in [6.07, 6.45) is 3.62. The summed E-state index contributed by atoms with van der Waals surface area (Å²) in [5.74, 6) is -0.231. The molecule has 3 rings (SSSR count). The predicted octanol–water partition coefficient (Wildman–Crippen LogP) is 3.39. The van der Waals surface area contributed by atoms with Gasteiger partial charge in [-0.3, -0.25) is 4.79 Å². The molecule has 0 bridgehead atoms. The predicted molar refractivity (Wildman–Crippen MR) is 98.6 cm³/mol. The first-order valence-corrected chi connectivity index (χ1v) is 8.73. The molecule has 136 valence electrons. The zero-order valence-corrected chi connectivity index (χ0v) is 15.1. The molecule has 0 aromatic heterocycles. The highest BCUT2D eigenvalue weighted by Gasteiger charge is 2.40. The largest absolute Gasteiger partial charge is 0.496 e. The van der Waals surface area contributed by atoms with Crippen molar-refractivity contribution in [3.05, 3.63) is 65.0 Å². The van der Waals surface area contributed by atoms with Gasteiger partial charge < -0.3 is 14.8 Å². The van der Waals surface area contributed by atoms with Crippen LogP contribution < -0.4 is 10.1 Å². The summed E-state index contributed by atoms with van der Waals surface area (Å²) in [5, 5.41) is 3.26. The van der Waals surface area contributed by atoms with Crippen LogP contribution in [0.2, 0.25) is 0 Å². The summed E-state index contributed by atoms with van der Waals surface area (Å²) in [5.41, 5.74) is 3.50. The van der Waals surface area contributed by atoms with E-state index in [4.69, 9.17) is 9.47 Å². The molecule has 0 amide bonds. The van der Waals surface area contributed by atoms with Crippen molar-refractivity contribution >= 4 is 11.8 Å². The van der Waals surface area contributed by atoms with Gasteiger partial charge in [0.15, 0.2) is 5.78 Å². The smallest absolute Gasteiger partial charge is 0.337 e. The first-order valence-electron chi connectivity index (χ1n) is 8.73. The van der Waals surface area contributed by atoms with E-state index in [1.165, 1.54) is 6.08 Å². The molecule has 26 heavy (non-hydrogen) atoms. The Hall–Kier alpha value is -2.82. The van der Waals surface area contributed by atoms with E-state index >= 15 is 0 Å². The summed E-state index contributed by atoms with van der Waals surface area (Å²) >= 11 is 0. The van der Waals surface area contributed by atoms with Gasteiger partial charge in [0.05, 0.1) is 18.6 Å². The minimum atomic E-state index is -0.493. The normalized spacial score (nSPS) is 19.6. The number of hydrogen-bond acceptors (Lipinski definition) is 5. The maximum absolute atomic E-state index is 12.8. The van der Waals surface area contributed by atoms with Gasteiger partial charge in [0.1, 0.15) is 12.4 Å². The second-order valence-electron chi connectivity index (χ2n) is 6.39. The number of dihydropyridines is 1. The third-order valence-electron chi connectivity index (χ3n) is 4.78. The van der Waals surface area contributed by atoms with E-state index in [-0.39, 0.29) is 12.4 Å². The lowest BCUT2D eigenvalue weighted by molar-refractivity contribution is -0.138. The molecule has 1 aromatic rings. The lowest BCUT2D eigenvalue weighted by atomic mass is 9.75. The summed E-state index contributed by atoms with van der Waals surface area (Å²) < 4.78 is 10.8. The lowest BCUT2D eigenvalue weighted by Crippen LogP contribution is -2.34. The van der Waals surface area contributed by atoms with Gasteiger partial charge in [-0.2, -0.15) is 0 Å². The van der Waals surface area contributed by atoms with E-state index in [0.717, 1.165) is 24.1 Å². The van der Waals surface area contributed by atoms with Crippen molar-refractivity contribution in [3.63, 3.8) is 0 Å². The van der Waals surface area contributed by atoms with Crippen LogP contribution in [0.5, 0.6) is 5.75 Å². The molecule has 1 aromatic carbocycles. The third-order valence-corrected chi connectivity index (χ3v) is 4.78. The maximum atomic E-state index is 12.8. The number of methoxy groups -OCH3 is 1. The maximum Gasteiger partial charge on any atom is 0.337 e. The van der Waals surface area contributed by atoms with Crippen molar-refractivity contribution in [2.45, 2.75) is 32.1 Å². The van der Waals surface area contributed by atoms with E-state index in [2.05, 4.69) is 11.9 Å². The van der Waals surface area contributed by atoms with Crippen molar-refractivity contribution in [1.82, 2.24) is 5.32 Å². The van der Waals surface area contributed by atoms with Crippen molar-refractivity contribution in [2.75, 3.05) is 13.7 Å². The molecular weight excluding hydrogens is 330 g/mol. The van der Waals surface area contributed by atoms with Crippen LogP contribution in [-0.2, 0) is 14.3 Å². The Morgan fingerprint density at radius 1 is 1.35 bits per heavy atom. The molecule has 5 heteroatoms. The van der Waals surface area contributed by atoms with Crippen molar-refractivity contribution < 1.29 is 19.1 Å². The average Bonchev–Trinajstić information content (AvgIpc) is 2.65. The Morgan fingerprint density at radius 2 is 2.12 bits per heavy atom. The van der Waals surface area contributed by atoms with Gasteiger partial charge in [0.2, 0.25) is 0 Å². The molecule has 0 saturated heterocycles. The Kier molecular flexibility index (Phi) is 5.26. The van der Waals surface area contributed by atoms with Crippen molar-refractivity contribution in [1.29, 1.82) is 0 Å². The number of hydrogen-bond donors (Lipinski definition) is 1. The monoisotopic (exact) mass is 353 g/mol. The summed E-state index contributed by atoms with van der Waals surface area (Å²) in [6.45, 7) is 5.55. The molecule has 2 aliphatic rings. The van der Waals surface area contributed by atoms with Gasteiger partial charge in [-0.25, -0.2) is 4.79 Å². The SMILES string of the molecule is C=CCOC(=O)C1=C(C)NC2=C(C(=O)CCC2)[C@@H]1c1ccccc1OC. The molecule has 5 nitrogen and oxygen atoms in total. The average molecular weight is 353 g/mol. The summed E-state index contributed by atoms with van der Waals surface area (Å²) in [7, 11) is 1.59. The number of para-hydroxylation sites is 1. The second-order valence-corrected chi connectivity index (χ2v) is 6.39. The number of carbonyl (C=O) groups excluding carboxylic acids is 2. The minimum absolute atomic E-state index is 0.0659. The molecule has 0 spiro atoms. The Morgan fingerprint density at radius 3 is 2.85 bits per heavy atom. The lowest BCUT2D eigenvalue weighted by Gasteiger charge is -2.34. The van der Waals surface area contributed by atoms with Crippen LogP contribution in [0.3, 0.4) is 0 Å². The molecule has 1 aliphatic heterocycles. The molecule has 0 unspecified atom stereocenters. The quantitative estimate of drug-likeness (QED) is 0.649. The van der Waals surface area contributed by atoms with E-state index in [1.807, 2.05) is 31.2 Å². The number of Topliss-reactive ketones (excluding diaryl/α,β-unsaturated/α-hetero) is 1. The van der Waals surface area contributed by atoms with Gasteiger partial charge in [-0.15, -0.1) is 0 Å². The van der Waals surface area contributed by atoms with Crippen molar-refractivity contribution in [2.24, 2.45) is 0 Å². The van der Waals surface area contributed by atoms with Crippen LogP contribution in [0.4, 0.5) is 0 Å². The summed E-state index contributed by atoms with van der Waals surface area (Å²) in [6, 6.07) is 7.49. The topological polar surface area (TPSA) is 64.6 Å². The number of allylic oxidation sites excluding steroid dienone is 3. The molecule has 1 N–H and O–H groups in total. The molecule has 1 aliphatic carbocycles. The Bertz CT molecular complexity index is 819. The van der Waals surface area contributed by atoms with Gasteiger partial charge in [0.25, 0.3) is 0 Å². The van der Waals surface area contributed by atoms with Crippen LogP contribution in [0, 0.1) is 0 Å². The highest BCUT2D eigenvalue weighted by Crippen LogP contribution is 2.45. The van der Waals surface area contributed by atoms with E-state index in [9.17, 15) is 9.59 Å². The highest BCUT2D eigenvalue weighted by molar-refractivity contribution is 6.04. The van der Waals surface area contributed by atoms with Crippen LogP contribution >= 0.6 is 0 Å². The van der Waals surface area contributed by atoms with Gasteiger partial charge >= 0.3 is 5.97 Å². The molecule has 0 fully saturated rings. The summed E-state index contributed by atoms with van der Waals surface area (Å²) in [4.78, 5) is 25.6. The number of ether oxygens (including phenoxy) is 2. The standard InChI is InChI=1S/C21H23NO4/c1-4-12-26-21(24)18-13(2)22-15-9-7-10-16(23)20(15)19(18)14-8-5-6-11-17(14)25-3/h4-6,8,11,19,22H,1,7,9-10,12H2,2-3H3/t19-/m1/s1. The Labute approximate surface area is 153 Å². The third kappa shape index (κ3) is 3.17. The van der Waals surface area contributed by atoms with Crippen LogP contribution in [-0.4, -0.2) is 25.5 Å². The molecule has 0 radical (unpaired) electrons. The van der Waals surface area contributed by atoms with Crippen LogP contribution in [0.1, 0.15) is 37.7 Å². The number of nitrogens with one attached hydrogen (secondary N) is 1. The number of benzene rings is 1. The zero-order valence-electron chi connectivity index (χ0n) is 15.1. The number of rotatable bonds is 5. The molecule has 1 heterocycles. The molecule has 0 saturated carbocycles. The van der Waals surface area contributed by atoms with E-state index in [1.54, 1.807) is 7.11 Å². The van der Waals surface area contributed by atoms with E-state index in [0.29, 0.717) is 29.0 Å². The van der Waals surface area contributed by atoms with Crippen molar-refractivity contribution in [3.8, 4) is 5.75 Å². The minimum Gasteiger partial charge on any atom is -0.496 e. The first kappa shape index (κ1) is 18.0. The van der Waals surface area contributed by atoms with Gasteiger partial charge in [-0.05, 0) is 25.8 Å². The Balaban J connectivity index is 2.17. The number of esters is 1. The molecule has 1 atom stereocenters. The fourth-order valence-corrected chi connectivity index (χ4v) is 3.68. The second kappa shape index (κ2) is 7.60. The highest BCUT2D eigenvalue weighted by atomic mass is 16.5.